The van der Waals surface area contributed by atoms with Crippen LogP contribution in [-0.4, -0.2) is 6.04 Å². The first-order chi connectivity index (χ1) is 7.30. The average Bonchev–Trinajstić information content (AvgIpc) is 2.31. The van der Waals surface area contributed by atoms with Gasteiger partial charge in [-0.25, -0.2) is 0 Å². The van der Waals surface area contributed by atoms with Crippen molar-refractivity contribution < 1.29 is 0 Å². The molecule has 0 radical (unpaired) electrons. The van der Waals surface area contributed by atoms with Gasteiger partial charge in [0.15, 0.2) is 0 Å². The molecule has 0 aromatic heterocycles. The standard InChI is InChI=1S/C14H23N/c1-4-12-7-9-13(10-8-12)11-15-14(5-2)6-3/h7-10,14-15H,4-6,11H2,1-3H3. The van der Waals surface area contributed by atoms with Crippen molar-refractivity contribution >= 4 is 0 Å². The Morgan fingerprint density at radius 2 is 1.47 bits per heavy atom. The Bertz CT molecular complexity index is 259. The number of rotatable bonds is 6. The van der Waals surface area contributed by atoms with Crippen molar-refractivity contribution in [2.45, 2.75) is 52.6 Å². The normalized spacial score (nSPS) is 10.9. The summed E-state index contributed by atoms with van der Waals surface area (Å²) in [7, 11) is 0. The van der Waals surface area contributed by atoms with Crippen LogP contribution in [0.25, 0.3) is 0 Å². The van der Waals surface area contributed by atoms with Crippen LogP contribution in [0.2, 0.25) is 0 Å². The lowest BCUT2D eigenvalue weighted by molar-refractivity contribution is 0.484. The van der Waals surface area contributed by atoms with Crippen molar-refractivity contribution in [2.75, 3.05) is 0 Å². The molecule has 0 aliphatic carbocycles. The van der Waals surface area contributed by atoms with E-state index in [4.69, 9.17) is 0 Å². The van der Waals surface area contributed by atoms with Crippen molar-refractivity contribution in [1.29, 1.82) is 0 Å². The Kier molecular flexibility index (Phi) is 5.41. The van der Waals surface area contributed by atoms with Gasteiger partial charge in [-0.3, -0.25) is 0 Å². The van der Waals surface area contributed by atoms with Gasteiger partial charge in [-0.15, -0.1) is 0 Å². The SMILES string of the molecule is CCc1ccc(CNC(CC)CC)cc1. The molecule has 0 saturated carbocycles. The minimum absolute atomic E-state index is 0.663. The minimum Gasteiger partial charge on any atom is -0.310 e. The zero-order valence-corrected chi connectivity index (χ0v) is 10.2. The Labute approximate surface area is 93.9 Å². The van der Waals surface area contributed by atoms with E-state index in [-0.39, 0.29) is 0 Å². The van der Waals surface area contributed by atoms with Gasteiger partial charge < -0.3 is 5.32 Å². The van der Waals surface area contributed by atoms with Crippen LogP contribution in [0.3, 0.4) is 0 Å². The second-order valence-electron chi connectivity index (χ2n) is 4.06. The van der Waals surface area contributed by atoms with Gasteiger partial charge in [0, 0.05) is 12.6 Å². The fraction of sp³-hybridized carbons (Fsp3) is 0.571. The summed E-state index contributed by atoms with van der Waals surface area (Å²) in [5, 5.41) is 3.57. The summed E-state index contributed by atoms with van der Waals surface area (Å²) in [4.78, 5) is 0. The highest BCUT2D eigenvalue weighted by atomic mass is 14.9. The van der Waals surface area contributed by atoms with E-state index in [1.807, 2.05) is 0 Å². The fourth-order valence-electron chi connectivity index (χ4n) is 1.73. The topological polar surface area (TPSA) is 12.0 Å². The van der Waals surface area contributed by atoms with Crippen molar-refractivity contribution in [3.05, 3.63) is 35.4 Å². The number of aryl methyl sites for hydroxylation is 1. The smallest absolute Gasteiger partial charge is 0.0208 e. The Hall–Kier alpha value is -0.820. The highest BCUT2D eigenvalue weighted by Crippen LogP contribution is 2.06. The maximum absolute atomic E-state index is 3.57. The number of nitrogens with one attached hydrogen (secondary N) is 1. The van der Waals surface area contributed by atoms with Crippen molar-refractivity contribution in [1.82, 2.24) is 5.32 Å². The van der Waals surface area contributed by atoms with Crippen LogP contribution in [0.4, 0.5) is 0 Å². The second-order valence-corrected chi connectivity index (χ2v) is 4.06. The van der Waals surface area contributed by atoms with Gasteiger partial charge >= 0.3 is 0 Å². The number of benzene rings is 1. The maximum Gasteiger partial charge on any atom is 0.0208 e. The molecule has 0 spiro atoms. The molecule has 0 unspecified atom stereocenters. The molecular formula is C14H23N. The van der Waals surface area contributed by atoms with Crippen LogP contribution in [0.15, 0.2) is 24.3 Å². The summed E-state index contributed by atoms with van der Waals surface area (Å²) in [6, 6.07) is 9.58. The lowest BCUT2D eigenvalue weighted by Gasteiger charge is -2.14. The summed E-state index contributed by atoms with van der Waals surface area (Å²) in [6.07, 6.45) is 3.55. The number of hydrogen-bond donors (Lipinski definition) is 1. The monoisotopic (exact) mass is 205 g/mol. The van der Waals surface area contributed by atoms with Gasteiger partial charge in [-0.05, 0) is 30.4 Å². The molecule has 0 atom stereocenters. The first-order valence-electron chi connectivity index (χ1n) is 6.11. The molecule has 1 aromatic carbocycles. The molecule has 0 amide bonds. The van der Waals surface area contributed by atoms with Crippen molar-refractivity contribution in [3.8, 4) is 0 Å². The first-order valence-corrected chi connectivity index (χ1v) is 6.11. The van der Waals surface area contributed by atoms with Crippen LogP contribution in [0, 0.1) is 0 Å². The third kappa shape index (κ3) is 4.05. The predicted molar refractivity (Wildman–Crippen MR) is 67.0 cm³/mol. The molecule has 0 aliphatic rings. The quantitative estimate of drug-likeness (QED) is 0.749. The summed E-state index contributed by atoms with van der Waals surface area (Å²) in [5.74, 6) is 0. The van der Waals surface area contributed by atoms with Gasteiger partial charge in [-0.1, -0.05) is 45.0 Å². The molecule has 0 bridgehead atoms. The van der Waals surface area contributed by atoms with Crippen LogP contribution < -0.4 is 5.32 Å². The summed E-state index contributed by atoms with van der Waals surface area (Å²) < 4.78 is 0. The van der Waals surface area contributed by atoms with Crippen LogP contribution in [0.5, 0.6) is 0 Å². The zero-order chi connectivity index (χ0) is 11.1. The first kappa shape index (κ1) is 12.3. The van der Waals surface area contributed by atoms with Crippen LogP contribution in [-0.2, 0) is 13.0 Å². The van der Waals surface area contributed by atoms with Gasteiger partial charge in [0.1, 0.15) is 0 Å². The molecule has 0 aliphatic heterocycles. The Morgan fingerprint density at radius 3 is 1.93 bits per heavy atom. The third-order valence-corrected chi connectivity index (χ3v) is 3.01. The molecule has 1 nitrogen and oxygen atoms in total. The van der Waals surface area contributed by atoms with Crippen molar-refractivity contribution in [3.63, 3.8) is 0 Å². The highest BCUT2D eigenvalue weighted by molar-refractivity contribution is 5.22. The van der Waals surface area contributed by atoms with E-state index in [9.17, 15) is 0 Å². The van der Waals surface area contributed by atoms with Gasteiger partial charge in [0.2, 0.25) is 0 Å². The summed E-state index contributed by atoms with van der Waals surface area (Å²) in [6.45, 7) is 7.66. The Morgan fingerprint density at radius 1 is 0.933 bits per heavy atom. The average molecular weight is 205 g/mol. The second kappa shape index (κ2) is 6.62. The highest BCUT2D eigenvalue weighted by Gasteiger charge is 2.01. The molecule has 1 heteroatoms. The largest absolute Gasteiger partial charge is 0.310 e. The Balaban J connectivity index is 2.43. The van der Waals surface area contributed by atoms with E-state index in [2.05, 4.69) is 50.4 Å². The molecule has 0 heterocycles. The summed E-state index contributed by atoms with van der Waals surface area (Å²) >= 11 is 0. The lowest BCUT2D eigenvalue weighted by Crippen LogP contribution is -2.26. The predicted octanol–water partition coefficient (Wildman–Crippen LogP) is 3.53. The molecule has 1 rings (SSSR count). The van der Waals surface area contributed by atoms with E-state index in [1.165, 1.54) is 24.0 Å². The van der Waals surface area contributed by atoms with Crippen LogP contribution >= 0.6 is 0 Å². The molecule has 0 saturated heterocycles. The minimum atomic E-state index is 0.663. The van der Waals surface area contributed by atoms with E-state index in [0.717, 1.165) is 13.0 Å². The third-order valence-electron chi connectivity index (χ3n) is 3.01. The lowest BCUT2D eigenvalue weighted by atomic mass is 10.1. The summed E-state index contributed by atoms with van der Waals surface area (Å²) in [5.41, 5.74) is 2.81. The maximum atomic E-state index is 3.57. The van der Waals surface area contributed by atoms with E-state index in [0.29, 0.717) is 6.04 Å². The molecule has 1 aromatic rings. The molecule has 1 N–H and O–H groups in total. The van der Waals surface area contributed by atoms with E-state index >= 15 is 0 Å². The van der Waals surface area contributed by atoms with E-state index < -0.39 is 0 Å². The molecule has 84 valence electrons. The van der Waals surface area contributed by atoms with E-state index in [1.54, 1.807) is 0 Å². The number of hydrogen-bond acceptors (Lipinski definition) is 1. The van der Waals surface area contributed by atoms with Gasteiger partial charge in [0.25, 0.3) is 0 Å². The van der Waals surface area contributed by atoms with Crippen LogP contribution in [0.1, 0.15) is 44.7 Å². The van der Waals surface area contributed by atoms with Gasteiger partial charge in [0.05, 0.1) is 0 Å². The fourth-order valence-corrected chi connectivity index (χ4v) is 1.73. The molecule has 15 heavy (non-hydrogen) atoms. The van der Waals surface area contributed by atoms with Gasteiger partial charge in [-0.2, -0.15) is 0 Å². The molecule has 0 fully saturated rings. The molecular weight excluding hydrogens is 182 g/mol. The zero-order valence-electron chi connectivity index (χ0n) is 10.2. The van der Waals surface area contributed by atoms with Crippen molar-refractivity contribution in [2.24, 2.45) is 0 Å².